The smallest absolute Gasteiger partial charge is 0.241 e. The van der Waals surface area contributed by atoms with Crippen molar-refractivity contribution in [2.75, 3.05) is 11.7 Å². The van der Waals surface area contributed by atoms with Crippen LogP contribution in [0.5, 0.6) is 11.5 Å². The van der Waals surface area contributed by atoms with Crippen LogP contribution in [-0.2, 0) is 14.3 Å². The molecule has 2 saturated heterocycles. The van der Waals surface area contributed by atoms with Gasteiger partial charge in [0, 0.05) is 6.07 Å². The molecule has 4 atom stereocenters. The minimum atomic E-state index is -0.673. The van der Waals surface area contributed by atoms with Gasteiger partial charge in [0.25, 0.3) is 0 Å². The fourth-order valence-corrected chi connectivity index (χ4v) is 3.93. The summed E-state index contributed by atoms with van der Waals surface area (Å²) in [5.41, 5.74) is -0.149. The van der Waals surface area contributed by atoms with Crippen molar-refractivity contribution in [1.29, 1.82) is 0 Å². The van der Waals surface area contributed by atoms with Crippen LogP contribution in [0.4, 0.5) is 5.69 Å². The Hall–Kier alpha value is -2.34. The highest BCUT2D eigenvalue weighted by Gasteiger charge is 2.66. The SMILES string of the molecule is C[C@@]12C=C[C@@H](O1)[C@H]1C(=O)N(c3ccc4c(c3)OCO4)C(=O)[C@H]12. The molecule has 2 amide bonds. The molecular formula is C16H13NO5. The Morgan fingerprint density at radius 1 is 1.18 bits per heavy atom. The van der Waals surface area contributed by atoms with Crippen molar-refractivity contribution in [3.8, 4) is 11.5 Å². The number of fused-ring (bicyclic) bond motifs is 6. The van der Waals surface area contributed by atoms with Crippen LogP contribution in [0.15, 0.2) is 30.4 Å². The van der Waals surface area contributed by atoms with Crippen molar-refractivity contribution in [1.82, 2.24) is 0 Å². The monoisotopic (exact) mass is 299 g/mol. The number of carbonyl (C=O) groups excluding carboxylic acids is 2. The van der Waals surface area contributed by atoms with E-state index in [0.29, 0.717) is 17.2 Å². The van der Waals surface area contributed by atoms with E-state index < -0.39 is 17.4 Å². The Morgan fingerprint density at radius 2 is 2.00 bits per heavy atom. The van der Waals surface area contributed by atoms with Gasteiger partial charge in [0.2, 0.25) is 18.6 Å². The Kier molecular flexibility index (Phi) is 2.06. The van der Waals surface area contributed by atoms with Crippen LogP contribution in [-0.4, -0.2) is 30.3 Å². The maximum absolute atomic E-state index is 12.8. The summed E-state index contributed by atoms with van der Waals surface area (Å²) in [5.74, 6) is -0.0951. The lowest BCUT2D eigenvalue weighted by Gasteiger charge is -2.24. The van der Waals surface area contributed by atoms with E-state index in [4.69, 9.17) is 14.2 Å². The predicted octanol–water partition coefficient (Wildman–Crippen LogP) is 1.25. The van der Waals surface area contributed by atoms with Gasteiger partial charge < -0.3 is 14.2 Å². The molecular weight excluding hydrogens is 286 g/mol. The standard InChI is InChI=1S/C16H13NO5/c1-16-5-4-10(22-16)12-13(16)15(19)17(14(12)18)8-2-3-9-11(6-8)21-7-20-9/h2-6,10,12-13H,7H2,1H3/t10-,12-,13+,16+/m1/s1. The maximum atomic E-state index is 12.8. The fourth-order valence-electron chi connectivity index (χ4n) is 3.93. The third-order valence-electron chi connectivity index (χ3n) is 4.94. The zero-order valence-electron chi connectivity index (χ0n) is 11.8. The van der Waals surface area contributed by atoms with Gasteiger partial charge in [-0.05, 0) is 19.1 Å². The van der Waals surface area contributed by atoms with E-state index in [1.807, 2.05) is 19.1 Å². The van der Waals surface area contributed by atoms with E-state index >= 15 is 0 Å². The summed E-state index contributed by atoms with van der Waals surface area (Å²) >= 11 is 0. The number of rotatable bonds is 1. The molecule has 0 radical (unpaired) electrons. The summed E-state index contributed by atoms with van der Waals surface area (Å²) < 4.78 is 16.4. The van der Waals surface area contributed by atoms with E-state index in [2.05, 4.69) is 0 Å². The zero-order valence-corrected chi connectivity index (χ0v) is 11.8. The minimum absolute atomic E-state index is 0.157. The first kappa shape index (κ1) is 12.2. The summed E-state index contributed by atoms with van der Waals surface area (Å²) in [4.78, 5) is 26.8. The molecule has 6 nitrogen and oxygen atoms in total. The number of hydrogen-bond donors (Lipinski definition) is 0. The number of amides is 2. The number of imide groups is 1. The van der Waals surface area contributed by atoms with Crippen LogP contribution < -0.4 is 14.4 Å². The lowest BCUT2D eigenvalue weighted by molar-refractivity contribution is -0.126. The second-order valence-corrected chi connectivity index (χ2v) is 6.18. The van der Waals surface area contributed by atoms with E-state index in [-0.39, 0.29) is 24.7 Å². The largest absolute Gasteiger partial charge is 0.454 e. The van der Waals surface area contributed by atoms with Gasteiger partial charge in [0.15, 0.2) is 11.5 Å². The molecule has 0 aromatic heterocycles. The first-order valence-electron chi connectivity index (χ1n) is 7.23. The Balaban J connectivity index is 1.58. The van der Waals surface area contributed by atoms with E-state index in [1.54, 1.807) is 18.2 Å². The van der Waals surface area contributed by atoms with Crippen LogP contribution in [0.1, 0.15) is 6.92 Å². The molecule has 1 aromatic rings. The molecule has 2 bridgehead atoms. The maximum Gasteiger partial charge on any atom is 0.241 e. The third kappa shape index (κ3) is 1.29. The van der Waals surface area contributed by atoms with Gasteiger partial charge >= 0.3 is 0 Å². The highest BCUT2D eigenvalue weighted by atomic mass is 16.7. The van der Waals surface area contributed by atoms with Crippen LogP contribution in [0.3, 0.4) is 0 Å². The van der Waals surface area contributed by atoms with Gasteiger partial charge in [-0.25, -0.2) is 4.90 Å². The molecule has 0 N–H and O–H groups in total. The van der Waals surface area contributed by atoms with Crippen molar-refractivity contribution in [2.45, 2.75) is 18.6 Å². The molecule has 0 unspecified atom stereocenters. The molecule has 4 aliphatic rings. The first-order chi connectivity index (χ1) is 10.6. The molecule has 2 fully saturated rings. The van der Waals surface area contributed by atoms with E-state index in [9.17, 15) is 9.59 Å². The van der Waals surface area contributed by atoms with Gasteiger partial charge in [-0.2, -0.15) is 0 Å². The van der Waals surface area contributed by atoms with Crippen LogP contribution in [0.2, 0.25) is 0 Å². The zero-order chi connectivity index (χ0) is 15.1. The van der Waals surface area contributed by atoms with E-state index in [1.165, 1.54) is 4.90 Å². The molecule has 4 heterocycles. The van der Waals surface area contributed by atoms with Crippen LogP contribution >= 0.6 is 0 Å². The van der Waals surface area contributed by atoms with Crippen molar-refractivity contribution in [3.63, 3.8) is 0 Å². The predicted molar refractivity (Wildman–Crippen MR) is 74.5 cm³/mol. The number of nitrogens with zero attached hydrogens (tertiary/aromatic N) is 1. The van der Waals surface area contributed by atoms with E-state index in [0.717, 1.165) is 0 Å². The van der Waals surface area contributed by atoms with Crippen molar-refractivity contribution >= 4 is 17.5 Å². The van der Waals surface area contributed by atoms with Crippen molar-refractivity contribution in [3.05, 3.63) is 30.4 Å². The highest BCUT2D eigenvalue weighted by molar-refractivity contribution is 6.23. The average Bonchev–Trinajstić information content (AvgIpc) is 3.20. The molecule has 4 aliphatic heterocycles. The number of carbonyl (C=O) groups is 2. The summed E-state index contributed by atoms with van der Waals surface area (Å²) in [6.07, 6.45) is 3.48. The summed E-state index contributed by atoms with van der Waals surface area (Å²) in [5, 5.41) is 0. The van der Waals surface area contributed by atoms with Gasteiger partial charge in [-0.1, -0.05) is 12.2 Å². The summed E-state index contributed by atoms with van der Waals surface area (Å²) in [6.45, 7) is 2.02. The second kappa shape index (κ2) is 3.70. The number of benzene rings is 1. The van der Waals surface area contributed by atoms with Crippen molar-refractivity contribution < 1.29 is 23.8 Å². The van der Waals surface area contributed by atoms with Gasteiger partial charge in [-0.15, -0.1) is 0 Å². The molecule has 0 saturated carbocycles. The average molecular weight is 299 g/mol. The number of anilines is 1. The lowest BCUT2D eigenvalue weighted by Crippen LogP contribution is -2.38. The molecule has 22 heavy (non-hydrogen) atoms. The Labute approximate surface area is 126 Å². The lowest BCUT2D eigenvalue weighted by atomic mass is 9.78. The molecule has 5 rings (SSSR count). The van der Waals surface area contributed by atoms with Gasteiger partial charge in [0.1, 0.15) is 0 Å². The number of hydrogen-bond acceptors (Lipinski definition) is 5. The summed E-state index contributed by atoms with van der Waals surface area (Å²) in [6, 6.07) is 5.11. The first-order valence-corrected chi connectivity index (χ1v) is 7.23. The molecule has 112 valence electrons. The van der Waals surface area contributed by atoms with Crippen LogP contribution in [0.25, 0.3) is 0 Å². The van der Waals surface area contributed by atoms with Gasteiger partial charge in [0.05, 0.1) is 29.2 Å². The molecule has 0 spiro atoms. The normalized spacial score (nSPS) is 37.3. The number of ether oxygens (including phenoxy) is 3. The molecule has 6 heteroatoms. The molecule has 0 aliphatic carbocycles. The second-order valence-electron chi connectivity index (χ2n) is 6.18. The Bertz CT molecular complexity index is 757. The van der Waals surface area contributed by atoms with Gasteiger partial charge in [-0.3, -0.25) is 9.59 Å². The minimum Gasteiger partial charge on any atom is -0.454 e. The third-order valence-corrected chi connectivity index (χ3v) is 4.94. The van der Waals surface area contributed by atoms with Crippen LogP contribution in [0, 0.1) is 11.8 Å². The quantitative estimate of drug-likeness (QED) is 0.577. The fraction of sp³-hybridized carbons (Fsp3) is 0.375. The topological polar surface area (TPSA) is 65.1 Å². The molecule has 1 aromatic carbocycles. The summed E-state index contributed by atoms with van der Waals surface area (Å²) in [7, 11) is 0. The Morgan fingerprint density at radius 3 is 2.82 bits per heavy atom. The van der Waals surface area contributed by atoms with Crippen molar-refractivity contribution in [2.24, 2.45) is 11.8 Å². The highest BCUT2D eigenvalue weighted by Crippen LogP contribution is 2.52.